The van der Waals surface area contributed by atoms with Gasteiger partial charge in [-0.2, -0.15) is 15.3 Å². The maximum atomic E-state index is 12.8. The maximum absolute atomic E-state index is 12.8. The first kappa shape index (κ1) is 79.4. The Labute approximate surface area is 616 Å². The summed E-state index contributed by atoms with van der Waals surface area (Å²) in [7, 11) is 10.3. The van der Waals surface area contributed by atoms with Gasteiger partial charge in [0.2, 0.25) is 5.91 Å². The molecule has 4 N–H and O–H groups in total. The number of aryl methyl sites for hydroxylation is 2. The van der Waals surface area contributed by atoms with Crippen LogP contribution in [0.4, 0.5) is 34.1 Å². The number of aromatic hydroxyl groups is 1. The summed E-state index contributed by atoms with van der Waals surface area (Å²) in [6.07, 6.45) is 20.5. The zero-order valence-corrected chi connectivity index (χ0v) is 59.7. The van der Waals surface area contributed by atoms with Crippen LogP contribution in [0.3, 0.4) is 0 Å². The number of phenolic OH excluding ortho intramolecular Hbond substituents is 1. The lowest BCUT2D eigenvalue weighted by Crippen LogP contribution is -2.38. The van der Waals surface area contributed by atoms with Crippen molar-refractivity contribution < 1.29 is 34.0 Å². The zero-order chi connectivity index (χ0) is 71.7. The molecule has 0 atom stereocenters. The first-order chi connectivity index (χ1) is 49.6. The molecule has 0 aliphatic carbocycles. The number of hydrogen-bond acceptors (Lipinski definition) is 21. The third kappa shape index (κ3) is 20.5. The second-order valence-corrected chi connectivity index (χ2v) is 25.1. The number of likely N-dealkylation sites (tertiary alicyclic amines) is 1. The molecular formula is C80H102N18O7. The number of aromatic amines is 1. The molecule has 0 spiro atoms. The highest BCUT2D eigenvalue weighted by Gasteiger charge is 2.22. The number of aromatic nitrogens is 12. The van der Waals surface area contributed by atoms with Crippen LogP contribution in [-0.4, -0.2) is 179 Å². The van der Waals surface area contributed by atoms with Crippen LogP contribution in [0.2, 0.25) is 0 Å². The average molecular weight is 1430 g/mol. The summed E-state index contributed by atoms with van der Waals surface area (Å²) >= 11 is 0. The number of fused-ring (bicyclic) bond motifs is 3. The third-order valence-corrected chi connectivity index (χ3v) is 17.5. The van der Waals surface area contributed by atoms with E-state index in [1.165, 1.54) is 31.5 Å². The highest BCUT2D eigenvalue weighted by atomic mass is 16.5. The Kier molecular flexibility index (Phi) is 28.6. The minimum Gasteiger partial charge on any atom is -0.508 e. The molecule has 554 valence electrons. The summed E-state index contributed by atoms with van der Waals surface area (Å²) in [4.78, 5) is 52.3. The summed E-state index contributed by atoms with van der Waals surface area (Å²) in [5, 5.41) is 37.6. The molecule has 25 heteroatoms. The standard InChI is InChI=1S/C31H41N7O.C25H28N6O3.C21H21N5O3.3CH4/c1-5-36(6-2)22-24-16-27(18-28(17-24)39-4)38(15-9-14-37-12-7-8-13-37)26-10-11-29-30(19-26)34-31(21-32-29)25-20-33-35(3)23-25;1-16(2)28-25(32)15-31(19-8-20(33-4)11-21(9-19)34-5)18-6-7-22-23(10-18)29-24(13-26-22)17-12-27-30(3)14-17;1-29-18-8-16(7-17(28)10-18)26(5-2-6-27)15-3-4-19-20(9-15)25-21(13-22-19)14-11-23-24-12-14;;;/h10-11,16-21,23H,5-9,12-15,22H2,1-4H3;6-14,16H,15H2,1-5H3,(H,28,32);3-4,7-13,27-28H,2,5-6H2,1H3,(H,23,24);3*1H4. The van der Waals surface area contributed by atoms with E-state index in [4.69, 9.17) is 38.9 Å². The molecule has 0 saturated carbocycles. The number of nitrogens with one attached hydrogen (secondary N) is 2. The van der Waals surface area contributed by atoms with Crippen LogP contribution in [0.5, 0.6) is 28.7 Å². The molecule has 1 fully saturated rings. The molecule has 1 aliphatic rings. The van der Waals surface area contributed by atoms with Crippen molar-refractivity contribution in [1.29, 1.82) is 0 Å². The number of methoxy groups -OCH3 is 4. The van der Waals surface area contributed by atoms with Crippen LogP contribution in [0.1, 0.15) is 81.2 Å². The van der Waals surface area contributed by atoms with Crippen molar-refractivity contribution in [3.63, 3.8) is 0 Å². The summed E-state index contributed by atoms with van der Waals surface area (Å²) in [5.41, 5.74) is 16.4. The number of amides is 1. The van der Waals surface area contributed by atoms with Crippen molar-refractivity contribution in [3.05, 3.63) is 171 Å². The van der Waals surface area contributed by atoms with E-state index in [1.807, 2.05) is 117 Å². The van der Waals surface area contributed by atoms with Crippen LogP contribution >= 0.6 is 0 Å². The van der Waals surface area contributed by atoms with Gasteiger partial charge in [-0.1, -0.05) is 36.1 Å². The van der Waals surface area contributed by atoms with Crippen LogP contribution in [0.15, 0.2) is 165 Å². The molecule has 0 unspecified atom stereocenters. The van der Waals surface area contributed by atoms with E-state index in [2.05, 4.69) is 101 Å². The van der Waals surface area contributed by atoms with Gasteiger partial charge in [0.1, 0.15) is 35.3 Å². The van der Waals surface area contributed by atoms with E-state index in [-0.39, 0.29) is 53.1 Å². The Morgan fingerprint density at radius 3 is 1.45 bits per heavy atom. The van der Waals surface area contributed by atoms with Crippen molar-refractivity contribution in [2.24, 2.45) is 14.1 Å². The van der Waals surface area contributed by atoms with E-state index in [1.54, 1.807) is 87.0 Å². The number of nitrogens with zero attached hydrogens (tertiary/aromatic N) is 16. The summed E-state index contributed by atoms with van der Waals surface area (Å²) in [5.74, 6) is 2.70. The number of hydrogen-bond donors (Lipinski definition) is 4. The number of carbonyl (C=O) groups excluding carboxylic acids is 1. The molecule has 0 radical (unpaired) electrons. The molecule has 105 heavy (non-hydrogen) atoms. The van der Waals surface area contributed by atoms with Crippen LogP contribution in [0.25, 0.3) is 66.9 Å². The van der Waals surface area contributed by atoms with E-state index in [9.17, 15) is 15.0 Å². The van der Waals surface area contributed by atoms with Crippen molar-refractivity contribution in [2.75, 3.05) is 102 Å². The van der Waals surface area contributed by atoms with Crippen LogP contribution in [-0.2, 0) is 25.4 Å². The number of ether oxygens (including phenoxy) is 4. The highest BCUT2D eigenvalue weighted by Crippen LogP contribution is 2.38. The lowest BCUT2D eigenvalue weighted by Gasteiger charge is -2.28. The summed E-state index contributed by atoms with van der Waals surface area (Å²) < 4.78 is 25.5. The Hall–Kier alpha value is -11.3. The highest BCUT2D eigenvalue weighted by molar-refractivity contribution is 5.89. The molecule has 0 bridgehead atoms. The van der Waals surface area contributed by atoms with Crippen molar-refractivity contribution in [2.45, 2.75) is 88.2 Å². The fourth-order valence-electron chi connectivity index (χ4n) is 12.3. The zero-order valence-electron chi connectivity index (χ0n) is 59.7. The molecule has 1 amide bonds. The Bertz CT molecular complexity index is 4720. The molecule has 7 heterocycles. The van der Waals surface area contributed by atoms with Crippen molar-refractivity contribution >= 4 is 73.1 Å². The first-order valence-corrected chi connectivity index (χ1v) is 34.3. The van der Waals surface area contributed by atoms with Gasteiger partial charge in [0.05, 0.1) is 116 Å². The molecule has 6 aromatic heterocycles. The van der Waals surface area contributed by atoms with Gasteiger partial charge < -0.3 is 54.1 Å². The average Bonchev–Trinajstić information content (AvgIpc) is 1.64. The number of benzene rings is 6. The van der Waals surface area contributed by atoms with Gasteiger partial charge >= 0.3 is 0 Å². The molecule has 12 aromatic rings. The first-order valence-electron chi connectivity index (χ1n) is 34.3. The monoisotopic (exact) mass is 1430 g/mol. The molecule has 1 saturated heterocycles. The predicted molar refractivity (Wildman–Crippen MR) is 421 cm³/mol. The normalized spacial score (nSPS) is 11.8. The van der Waals surface area contributed by atoms with Gasteiger partial charge in [-0.15, -0.1) is 0 Å². The molecular weight excluding hydrogens is 1320 g/mol. The number of rotatable bonds is 27. The van der Waals surface area contributed by atoms with Crippen LogP contribution < -0.4 is 39.0 Å². The Morgan fingerprint density at radius 1 is 0.543 bits per heavy atom. The molecule has 1 aliphatic heterocycles. The van der Waals surface area contributed by atoms with Crippen LogP contribution in [0, 0.1) is 0 Å². The van der Waals surface area contributed by atoms with Gasteiger partial charge in [-0.3, -0.25) is 39.1 Å². The minimum absolute atomic E-state index is 0. The minimum atomic E-state index is -0.105. The lowest BCUT2D eigenvalue weighted by atomic mass is 10.1. The lowest BCUT2D eigenvalue weighted by molar-refractivity contribution is -0.120. The fourth-order valence-corrected chi connectivity index (χ4v) is 12.3. The number of aliphatic hydroxyl groups is 1. The van der Waals surface area contributed by atoms with E-state index < -0.39 is 0 Å². The van der Waals surface area contributed by atoms with E-state index in [0.717, 1.165) is 140 Å². The summed E-state index contributed by atoms with van der Waals surface area (Å²) in [6, 6.07) is 35.2. The summed E-state index contributed by atoms with van der Waals surface area (Å²) in [6.45, 7) is 16.4. The molecule has 13 rings (SSSR count). The third-order valence-electron chi connectivity index (χ3n) is 17.5. The molecule has 25 nitrogen and oxygen atoms in total. The predicted octanol–water partition coefficient (Wildman–Crippen LogP) is 14.4. The SMILES string of the molecule is C.C.C.CCN(CC)Cc1cc(OC)cc(N(CCCN2CCCC2)c2ccc3ncc(-c4cnn(C)c4)nc3c2)c1.COc1cc(O)cc(N(CCCO)c2ccc3ncc(-c4cn[nH]c4)nc3c2)c1.COc1cc(OC)cc(N(CC(=O)NC(C)C)c2ccc3ncc(-c4cnn(C)c4)nc3c2)c1. The largest absolute Gasteiger partial charge is 0.508 e. The van der Waals surface area contributed by atoms with Gasteiger partial charge in [0, 0.05) is 158 Å². The van der Waals surface area contributed by atoms with E-state index in [0.29, 0.717) is 35.7 Å². The number of aliphatic hydroxyl groups excluding tert-OH is 1. The Balaban J connectivity index is 0.000000198. The van der Waals surface area contributed by atoms with Gasteiger partial charge in [0.25, 0.3) is 0 Å². The molecule has 6 aromatic carbocycles. The second-order valence-electron chi connectivity index (χ2n) is 25.1. The number of anilines is 6. The number of H-pyrrole nitrogens is 1. The van der Waals surface area contributed by atoms with Crippen molar-refractivity contribution in [1.82, 2.24) is 74.8 Å². The van der Waals surface area contributed by atoms with E-state index >= 15 is 0 Å². The maximum Gasteiger partial charge on any atom is 0.240 e. The van der Waals surface area contributed by atoms with Gasteiger partial charge in [-0.05, 0) is 145 Å². The van der Waals surface area contributed by atoms with Gasteiger partial charge in [0.15, 0.2) is 0 Å². The second kappa shape index (κ2) is 37.8. The topological polar surface area (TPSA) is 264 Å². The number of phenols is 1. The fraction of sp³-hybridized carbons (Fsp3) is 0.350. The Morgan fingerprint density at radius 2 is 1.00 bits per heavy atom. The van der Waals surface area contributed by atoms with Gasteiger partial charge in [-0.25, -0.2) is 15.0 Å². The number of carbonyl (C=O) groups is 1. The van der Waals surface area contributed by atoms with Crippen molar-refractivity contribution in [3.8, 4) is 62.5 Å². The smallest absolute Gasteiger partial charge is 0.240 e. The quantitative estimate of drug-likeness (QED) is 0.0373.